The summed E-state index contributed by atoms with van der Waals surface area (Å²) in [6.45, 7) is 4.03. The minimum atomic E-state index is -0.525. The second kappa shape index (κ2) is 9.70. The molecular weight excluding hydrogens is 448 g/mol. The van der Waals surface area contributed by atoms with Gasteiger partial charge in [0.25, 0.3) is 5.89 Å². The fourth-order valence-electron chi connectivity index (χ4n) is 3.12. The Balaban J connectivity index is 1.65. The zero-order valence-electron chi connectivity index (χ0n) is 18.0. The molecule has 0 aliphatic heterocycles. The van der Waals surface area contributed by atoms with E-state index in [1.165, 1.54) is 4.57 Å². The standard InChI is InChI=1S/C22H21ClN6O4/c1-3-28-21(30)25-20(29(22(28)31)12-15-4-6-16(23)7-5-15)24-17-8-10-18(11-9-17)32-13-19-27-26-14(2)33-19/h4-11H,3,12-13H2,1-2H3,(H,24,25,30). The number of aromatic nitrogens is 5. The summed E-state index contributed by atoms with van der Waals surface area (Å²) in [7, 11) is 0. The van der Waals surface area contributed by atoms with Crippen molar-refractivity contribution in [1.82, 2.24) is 24.3 Å². The molecule has 11 heteroatoms. The highest BCUT2D eigenvalue weighted by molar-refractivity contribution is 6.30. The Morgan fingerprint density at radius 1 is 1.06 bits per heavy atom. The Morgan fingerprint density at radius 2 is 1.79 bits per heavy atom. The predicted octanol–water partition coefficient (Wildman–Crippen LogP) is 2.56. The van der Waals surface area contributed by atoms with Gasteiger partial charge in [-0.15, -0.1) is 10.2 Å². The summed E-state index contributed by atoms with van der Waals surface area (Å²) in [5.74, 6) is 1.42. The van der Waals surface area contributed by atoms with E-state index in [9.17, 15) is 9.59 Å². The molecule has 2 heterocycles. The lowest BCUT2D eigenvalue weighted by molar-refractivity contribution is 0.260. The third kappa shape index (κ3) is 5.29. The van der Waals surface area contributed by atoms with E-state index in [0.717, 1.165) is 10.1 Å². The summed E-state index contributed by atoms with van der Waals surface area (Å²) in [6.07, 6.45) is 0. The van der Waals surface area contributed by atoms with E-state index in [1.54, 1.807) is 50.2 Å². The van der Waals surface area contributed by atoms with Gasteiger partial charge in [-0.2, -0.15) is 0 Å². The maximum Gasteiger partial charge on any atom is 0.335 e. The number of nitrogens with one attached hydrogen (secondary N) is 1. The van der Waals surface area contributed by atoms with E-state index in [1.807, 2.05) is 12.1 Å². The van der Waals surface area contributed by atoms with Crippen LogP contribution in [0.25, 0.3) is 0 Å². The van der Waals surface area contributed by atoms with Crippen LogP contribution in [0.4, 0.5) is 5.69 Å². The number of aromatic amines is 1. The van der Waals surface area contributed by atoms with Crippen molar-refractivity contribution in [2.24, 2.45) is 4.99 Å². The average molecular weight is 469 g/mol. The van der Waals surface area contributed by atoms with Crippen LogP contribution >= 0.6 is 11.6 Å². The molecule has 0 radical (unpaired) electrons. The van der Waals surface area contributed by atoms with Gasteiger partial charge in [0.1, 0.15) is 5.75 Å². The molecule has 0 atom stereocenters. The molecule has 0 aliphatic rings. The summed E-state index contributed by atoms with van der Waals surface area (Å²) < 4.78 is 13.4. The molecule has 10 nitrogen and oxygen atoms in total. The zero-order chi connectivity index (χ0) is 23.4. The lowest BCUT2D eigenvalue weighted by Gasteiger charge is -2.10. The van der Waals surface area contributed by atoms with Gasteiger partial charge in [0.15, 0.2) is 6.61 Å². The molecule has 0 unspecified atom stereocenters. The van der Waals surface area contributed by atoms with Crippen LogP contribution < -0.4 is 21.7 Å². The van der Waals surface area contributed by atoms with Gasteiger partial charge in [-0.3, -0.25) is 9.55 Å². The number of H-pyrrole nitrogens is 1. The van der Waals surface area contributed by atoms with Crippen LogP contribution in [0.3, 0.4) is 0 Å². The first-order valence-electron chi connectivity index (χ1n) is 10.2. The molecule has 4 aromatic rings. The van der Waals surface area contributed by atoms with Crippen molar-refractivity contribution < 1.29 is 9.15 Å². The van der Waals surface area contributed by atoms with Crippen molar-refractivity contribution in [2.75, 3.05) is 0 Å². The molecule has 2 aromatic heterocycles. The topological polar surface area (TPSA) is 120 Å². The van der Waals surface area contributed by atoms with Crippen molar-refractivity contribution in [3.8, 4) is 5.75 Å². The summed E-state index contributed by atoms with van der Waals surface area (Å²) in [6, 6.07) is 14.0. The van der Waals surface area contributed by atoms with Gasteiger partial charge in [-0.25, -0.2) is 19.1 Å². The molecule has 2 aromatic carbocycles. The highest BCUT2D eigenvalue weighted by atomic mass is 35.5. The third-order valence-electron chi connectivity index (χ3n) is 4.75. The Bertz CT molecular complexity index is 1430. The smallest absolute Gasteiger partial charge is 0.335 e. The van der Waals surface area contributed by atoms with Crippen molar-refractivity contribution in [1.29, 1.82) is 0 Å². The summed E-state index contributed by atoms with van der Waals surface area (Å²) in [4.78, 5) is 32.5. The first-order valence-corrected chi connectivity index (χ1v) is 10.6. The highest BCUT2D eigenvalue weighted by Crippen LogP contribution is 2.18. The van der Waals surface area contributed by atoms with E-state index in [-0.39, 0.29) is 25.3 Å². The van der Waals surface area contributed by atoms with Gasteiger partial charge in [-0.05, 0) is 48.9 Å². The Hall–Kier alpha value is -3.92. The van der Waals surface area contributed by atoms with Gasteiger partial charge in [0, 0.05) is 18.5 Å². The van der Waals surface area contributed by atoms with Crippen LogP contribution in [-0.4, -0.2) is 24.3 Å². The van der Waals surface area contributed by atoms with E-state index in [2.05, 4.69) is 20.2 Å². The van der Waals surface area contributed by atoms with Crippen LogP contribution in [0.2, 0.25) is 5.02 Å². The van der Waals surface area contributed by atoms with E-state index >= 15 is 0 Å². The van der Waals surface area contributed by atoms with Crippen LogP contribution in [0, 0.1) is 6.92 Å². The van der Waals surface area contributed by atoms with E-state index in [4.69, 9.17) is 20.8 Å². The minimum absolute atomic E-state index is 0.139. The fraction of sp³-hybridized carbons (Fsp3) is 0.227. The van der Waals surface area contributed by atoms with Crippen LogP contribution in [0.15, 0.2) is 67.5 Å². The number of ether oxygens (including phenoxy) is 1. The maximum absolute atomic E-state index is 13.0. The zero-order valence-corrected chi connectivity index (χ0v) is 18.7. The monoisotopic (exact) mass is 468 g/mol. The normalized spacial score (nSPS) is 11.7. The molecule has 170 valence electrons. The number of hydrogen-bond donors (Lipinski definition) is 1. The molecule has 0 saturated carbocycles. The number of nitrogens with zero attached hydrogens (tertiary/aromatic N) is 5. The molecule has 0 fully saturated rings. The second-order valence-electron chi connectivity index (χ2n) is 7.10. The van der Waals surface area contributed by atoms with Gasteiger partial charge < -0.3 is 9.15 Å². The second-order valence-corrected chi connectivity index (χ2v) is 7.54. The van der Waals surface area contributed by atoms with Crippen molar-refractivity contribution in [3.05, 3.63) is 97.5 Å². The average Bonchev–Trinajstić information content (AvgIpc) is 3.22. The van der Waals surface area contributed by atoms with Gasteiger partial charge in [0.2, 0.25) is 11.5 Å². The minimum Gasteiger partial charge on any atom is -0.484 e. The molecule has 4 rings (SSSR count). The van der Waals surface area contributed by atoms with Crippen LogP contribution in [0.5, 0.6) is 5.75 Å². The van der Waals surface area contributed by atoms with E-state index < -0.39 is 11.4 Å². The molecule has 33 heavy (non-hydrogen) atoms. The summed E-state index contributed by atoms with van der Waals surface area (Å²) in [5, 5.41) is 8.23. The largest absolute Gasteiger partial charge is 0.484 e. The van der Waals surface area contributed by atoms with Crippen molar-refractivity contribution in [2.45, 2.75) is 33.5 Å². The quantitative estimate of drug-likeness (QED) is 0.445. The Kier molecular flexibility index (Phi) is 6.55. The fourth-order valence-corrected chi connectivity index (χ4v) is 3.24. The lowest BCUT2D eigenvalue weighted by atomic mass is 10.2. The highest BCUT2D eigenvalue weighted by Gasteiger charge is 2.09. The molecule has 0 saturated heterocycles. The summed E-state index contributed by atoms with van der Waals surface area (Å²) >= 11 is 5.96. The van der Waals surface area contributed by atoms with Crippen LogP contribution in [0.1, 0.15) is 24.3 Å². The first kappa shape index (κ1) is 22.3. The van der Waals surface area contributed by atoms with Gasteiger partial charge >= 0.3 is 11.4 Å². The molecule has 0 spiro atoms. The van der Waals surface area contributed by atoms with Crippen LogP contribution in [-0.2, 0) is 19.7 Å². The van der Waals surface area contributed by atoms with Gasteiger partial charge in [0.05, 0.1) is 12.2 Å². The number of halogens is 1. The summed E-state index contributed by atoms with van der Waals surface area (Å²) in [5.41, 5.74) is 0.533. The molecule has 0 bridgehead atoms. The third-order valence-corrected chi connectivity index (χ3v) is 5.01. The van der Waals surface area contributed by atoms with E-state index in [0.29, 0.717) is 28.2 Å². The molecule has 0 amide bonds. The Labute approximate surface area is 192 Å². The Morgan fingerprint density at radius 3 is 2.42 bits per heavy atom. The number of aryl methyl sites for hydroxylation is 1. The molecule has 1 N–H and O–H groups in total. The number of rotatable bonds is 7. The predicted molar refractivity (Wildman–Crippen MR) is 121 cm³/mol. The van der Waals surface area contributed by atoms with Gasteiger partial charge in [-0.1, -0.05) is 23.7 Å². The lowest BCUT2D eigenvalue weighted by Crippen LogP contribution is -2.49. The first-order chi connectivity index (χ1) is 15.9. The number of benzene rings is 2. The van der Waals surface area contributed by atoms with Crippen molar-refractivity contribution >= 4 is 17.3 Å². The maximum atomic E-state index is 13.0. The molecule has 0 aliphatic carbocycles. The molecular formula is C22H21ClN6O4. The number of hydrogen-bond acceptors (Lipinski definition) is 7. The van der Waals surface area contributed by atoms with Crippen molar-refractivity contribution in [3.63, 3.8) is 0 Å². The SMILES string of the molecule is CCn1c(=O)[nH]/c(=N\c2ccc(OCc3nnc(C)o3)cc2)n(Cc2ccc(Cl)cc2)c1=O.